The summed E-state index contributed by atoms with van der Waals surface area (Å²) in [5, 5.41) is 27.2. The van der Waals surface area contributed by atoms with Gasteiger partial charge in [0.2, 0.25) is 0 Å². The smallest absolute Gasteiger partial charge is 0.186 e. The molecule has 0 aliphatic heterocycles. The highest BCUT2D eigenvalue weighted by molar-refractivity contribution is 7.99. The highest BCUT2D eigenvalue weighted by atomic mass is 32.2. The lowest BCUT2D eigenvalue weighted by Gasteiger charge is -2.02. The molecule has 0 saturated heterocycles. The van der Waals surface area contributed by atoms with Crippen LogP contribution in [0.1, 0.15) is 0 Å². The van der Waals surface area contributed by atoms with E-state index >= 15 is 0 Å². The van der Waals surface area contributed by atoms with Gasteiger partial charge < -0.3 is 5.11 Å². The van der Waals surface area contributed by atoms with Crippen LogP contribution in [0.15, 0.2) is 63.1 Å². The molecule has 0 radical (unpaired) electrons. The van der Waals surface area contributed by atoms with Crippen LogP contribution in [0.25, 0.3) is 17.0 Å². The molecule has 0 bridgehead atoms. The predicted octanol–water partition coefficient (Wildman–Crippen LogP) is 3.71. The average Bonchev–Trinajstić information content (AvgIpc) is 3.18. The van der Waals surface area contributed by atoms with Crippen LogP contribution < -0.4 is 0 Å². The first-order chi connectivity index (χ1) is 10.8. The van der Waals surface area contributed by atoms with Gasteiger partial charge in [-0.15, -0.1) is 10.2 Å². The third kappa shape index (κ3) is 2.44. The predicted molar refractivity (Wildman–Crippen MR) is 86.3 cm³/mol. The van der Waals surface area contributed by atoms with E-state index in [0.717, 1.165) is 27.0 Å². The largest absolute Gasteiger partial charge is 0.508 e. The second-order valence-electron chi connectivity index (χ2n) is 4.57. The van der Waals surface area contributed by atoms with E-state index < -0.39 is 0 Å². The van der Waals surface area contributed by atoms with E-state index in [4.69, 9.17) is 0 Å². The van der Waals surface area contributed by atoms with Crippen molar-refractivity contribution in [1.82, 2.24) is 19.8 Å². The number of nitrogens with zero attached hydrogens (tertiary/aromatic N) is 4. The van der Waals surface area contributed by atoms with Gasteiger partial charge in [0.1, 0.15) is 10.8 Å². The standard InChI is InChI=1S/C15H10N4OS2/c20-11-1-3-12(4-2-11)22-14-6-5-13-16-17-15(19(13)18-14)10-7-8-21-9-10/h1-9,20H. The van der Waals surface area contributed by atoms with E-state index in [-0.39, 0.29) is 5.75 Å². The van der Waals surface area contributed by atoms with Crippen molar-refractivity contribution in [2.45, 2.75) is 9.92 Å². The maximum absolute atomic E-state index is 9.33. The maximum atomic E-state index is 9.33. The Morgan fingerprint density at radius 2 is 1.86 bits per heavy atom. The third-order valence-electron chi connectivity index (χ3n) is 3.08. The van der Waals surface area contributed by atoms with Crippen molar-refractivity contribution >= 4 is 28.7 Å². The number of hydrogen-bond acceptors (Lipinski definition) is 6. The second-order valence-corrected chi connectivity index (χ2v) is 6.45. The Kier molecular flexibility index (Phi) is 3.28. The van der Waals surface area contributed by atoms with Crippen LogP contribution in [0.2, 0.25) is 0 Å². The van der Waals surface area contributed by atoms with Gasteiger partial charge in [-0.3, -0.25) is 0 Å². The number of benzene rings is 1. The van der Waals surface area contributed by atoms with E-state index in [1.807, 2.05) is 41.1 Å². The summed E-state index contributed by atoms with van der Waals surface area (Å²) in [6.45, 7) is 0. The number of aromatic nitrogens is 4. The molecule has 3 heterocycles. The molecule has 3 aromatic heterocycles. The lowest BCUT2D eigenvalue weighted by atomic mass is 10.3. The lowest BCUT2D eigenvalue weighted by Crippen LogP contribution is -1.95. The monoisotopic (exact) mass is 326 g/mol. The van der Waals surface area contributed by atoms with Crippen molar-refractivity contribution < 1.29 is 5.11 Å². The van der Waals surface area contributed by atoms with Crippen molar-refractivity contribution in [2.75, 3.05) is 0 Å². The maximum Gasteiger partial charge on any atom is 0.186 e. The number of rotatable bonds is 3. The summed E-state index contributed by atoms with van der Waals surface area (Å²) in [5.41, 5.74) is 1.73. The first-order valence-electron chi connectivity index (χ1n) is 6.51. The number of hydrogen-bond donors (Lipinski definition) is 1. The third-order valence-corrected chi connectivity index (χ3v) is 4.69. The Bertz CT molecular complexity index is 917. The number of fused-ring (bicyclic) bond motifs is 1. The Morgan fingerprint density at radius 3 is 2.64 bits per heavy atom. The van der Waals surface area contributed by atoms with Gasteiger partial charge in [-0.2, -0.15) is 21.0 Å². The second kappa shape index (κ2) is 5.43. The molecule has 0 aliphatic carbocycles. The highest BCUT2D eigenvalue weighted by Gasteiger charge is 2.10. The van der Waals surface area contributed by atoms with E-state index in [2.05, 4.69) is 15.3 Å². The Hall–Kier alpha value is -2.38. The molecule has 0 unspecified atom stereocenters. The molecule has 4 rings (SSSR count). The topological polar surface area (TPSA) is 63.3 Å². The van der Waals surface area contributed by atoms with Crippen LogP contribution in [0.5, 0.6) is 5.75 Å². The summed E-state index contributed by atoms with van der Waals surface area (Å²) in [4.78, 5) is 1.01. The van der Waals surface area contributed by atoms with E-state index in [9.17, 15) is 5.11 Å². The zero-order chi connectivity index (χ0) is 14.9. The fourth-order valence-corrected chi connectivity index (χ4v) is 3.44. The summed E-state index contributed by atoms with van der Waals surface area (Å²) in [7, 11) is 0. The molecule has 0 saturated carbocycles. The average molecular weight is 326 g/mol. The van der Waals surface area contributed by atoms with Crippen molar-refractivity contribution in [3.05, 3.63) is 53.2 Å². The van der Waals surface area contributed by atoms with Crippen LogP contribution >= 0.6 is 23.1 Å². The summed E-state index contributed by atoms with van der Waals surface area (Å²) >= 11 is 3.14. The van der Waals surface area contributed by atoms with Gasteiger partial charge in [0.25, 0.3) is 0 Å². The van der Waals surface area contributed by atoms with E-state index in [0.29, 0.717) is 0 Å². The summed E-state index contributed by atoms with van der Waals surface area (Å²) < 4.78 is 1.75. The molecule has 0 aliphatic rings. The first kappa shape index (κ1) is 13.3. The molecular formula is C15H10N4OS2. The molecule has 0 spiro atoms. The fraction of sp³-hybridized carbons (Fsp3) is 0. The van der Waals surface area contributed by atoms with Crippen LogP contribution in [0.3, 0.4) is 0 Å². The number of phenols is 1. The lowest BCUT2D eigenvalue weighted by molar-refractivity contribution is 0.475. The zero-order valence-corrected chi connectivity index (χ0v) is 12.9. The van der Waals surface area contributed by atoms with Crippen LogP contribution in [-0.2, 0) is 0 Å². The number of thiophene rings is 1. The molecule has 5 nitrogen and oxygen atoms in total. The molecule has 108 valence electrons. The molecule has 22 heavy (non-hydrogen) atoms. The normalized spacial score (nSPS) is 11.1. The first-order valence-corrected chi connectivity index (χ1v) is 8.27. The van der Waals surface area contributed by atoms with Crippen LogP contribution in [0.4, 0.5) is 0 Å². The number of aromatic hydroxyl groups is 1. The van der Waals surface area contributed by atoms with Gasteiger partial charge in [0, 0.05) is 15.8 Å². The van der Waals surface area contributed by atoms with Crippen LogP contribution in [-0.4, -0.2) is 24.9 Å². The minimum Gasteiger partial charge on any atom is -0.508 e. The highest BCUT2D eigenvalue weighted by Crippen LogP contribution is 2.28. The van der Waals surface area contributed by atoms with Gasteiger partial charge in [-0.25, -0.2) is 0 Å². The van der Waals surface area contributed by atoms with Gasteiger partial charge in [0.15, 0.2) is 11.5 Å². The number of phenolic OH excluding ortho intramolecular Hbond substituents is 1. The quantitative estimate of drug-likeness (QED) is 0.622. The SMILES string of the molecule is Oc1ccc(Sc2ccc3nnc(-c4ccsc4)n3n2)cc1. The Balaban J connectivity index is 1.73. The molecular weight excluding hydrogens is 316 g/mol. The molecule has 0 atom stereocenters. The molecule has 0 amide bonds. The molecule has 4 aromatic rings. The summed E-state index contributed by atoms with van der Waals surface area (Å²) in [5.74, 6) is 0.996. The van der Waals surface area contributed by atoms with Crippen molar-refractivity contribution in [3.63, 3.8) is 0 Å². The van der Waals surface area contributed by atoms with Gasteiger partial charge in [-0.1, -0.05) is 11.8 Å². The summed E-state index contributed by atoms with van der Waals surface area (Å²) in [6.07, 6.45) is 0. The van der Waals surface area contributed by atoms with Crippen molar-refractivity contribution in [3.8, 4) is 17.1 Å². The van der Waals surface area contributed by atoms with Crippen LogP contribution in [0, 0.1) is 0 Å². The fourth-order valence-electron chi connectivity index (χ4n) is 2.03. The van der Waals surface area contributed by atoms with Crippen molar-refractivity contribution in [2.24, 2.45) is 0 Å². The summed E-state index contributed by atoms with van der Waals surface area (Å²) in [6, 6.07) is 12.9. The zero-order valence-electron chi connectivity index (χ0n) is 11.2. The van der Waals surface area contributed by atoms with Gasteiger partial charge in [0.05, 0.1) is 0 Å². The molecule has 0 fully saturated rings. The van der Waals surface area contributed by atoms with Crippen molar-refractivity contribution in [1.29, 1.82) is 0 Å². The van der Waals surface area contributed by atoms with Gasteiger partial charge in [-0.05, 0) is 47.8 Å². The molecule has 7 heteroatoms. The molecule has 1 aromatic carbocycles. The molecule has 1 N–H and O–H groups in total. The van der Waals surface area contributed by atoms with Gasteiger partial charge >= 0.3 is 0 Å². The van der Waals surface area contributed by atoms with E-state index in [1.165, 1.54) is 11.8 Å². The Morgan fingerprint density at radius 1 is 1.00 bits per heavy atom. The Labute approximate surface area is 134 Å². The minimum atomic E-state index is 0.256. The van der Waals surface area contributed by atoms with E-state index in [1.54, 1.807) is 28.0 Å². The minimum absolute atomic E-state index is 0.256.